The van der Waals surface area contributed by atoms with Crippen molar-refractivity contribution in [3.8, 4) is 0 Å². The van der Waals surface area contributed by atoms with Gasteiger partial charge in [0, 0.05) is 18.6 Å². The third-order valence-corrected chi connectivity index (χ3v) is 3.42. The van der Waals surface area contributed by atoms with E-state index in [2.05, 4.69) is 18.7 Å². The number of carbonyl (C=O) groups is 1. The van der Waals surface area contributed by atoms with Gasteiger partial charge in [0.25, 0.3) is 0 Å². The van der Waals surface area contributed by atoms with Crippen molar-refractivity contribution >= 4 is 5.97 Å². The zero-order valence-corrected chi connectivity index (χ0v) is 10.6. The van der Waals surface area contributed by atoms with E-state index >= 15 is 0 Å². The van der Waals surface area contributed by atoms with E-state index in [1.54, 1.807) is 6.92 Å². The second-order valence-corrected chi connectivity index (χ2v) is 4.54. The molecule has 1 saturated heterocycles. The Hall–Kier alpha value is -0.610. The number of nitrogens with two attached hydrogens (primary N) is 1. The highest BCUT2D eigenvalue weighted by Crippen LogP contribution is 2.25. The third kappa shape index (κ3) is 3.19. The first kappa shape index (κ1) is 13.5. The Bertz CT molecular complexity index is 233. The van der Waals surface area contributed by atoms with Crippen molar-refractivity contribution in [2.24, 2.45) is 5.73 Å². The Morgan fingerprint density at radius 2 is 2.19 bits per heavy atom. The molecule has 2 N–H and O–H groups in total. The van der Waals surface area contributed by atoms with Crippen LogP contribution in [-0.4, -0.2) is 42.1 Å². The first-order chi connectivity index (χ1) is 7.60. The van der Waals surface area contributed by atoms with Gasteiger partial charge < -0.3 is 10.5 Å². The number of ether oxygens (including phenoxy) is 1. The fourth-order valence-electron chi connectivity index (χ4n) is 2.44. The minimum Gasteiger partial charge on any atom is -0.465 e. The summed E-state index contributed by atoms with van der Waals surface area (Å²) in [4.78, 5) is 13.8. The lowest BCUT2D eigenvalue weighted by atomic mass is 10.1. The first-order valence-electron chi connectivity index (χ1n) is 6.28. The Morgan fingerprint density at radius 1 is 1.50 bits per heavy atom. The maximum absolute atomic E-state index is 11.5. The topological polar surface area (TPSA) is 55.6 Å². The summed E-state index contributed by atoms with van der Waals surface area (Å²) in [6, 6.07) is 0.607. The molecule has 0 bridgehead atoms. The fourth-order valence-corrected chi connectivity index (χ4v) is 2.44. The van der Waals surface area contributed by atoms with E-state index in [4.69, 9.17) is 10.5 Å². The van der Waals surface area contributed by atoms with Gasteiger partial charge in [-0.25, -0.2) is 0 Å². The number of rotatable bonds is 5. The average Bonchev–Trinajstić information content (AvgIpc) is 2.60. The number of carbonyl (C=O) groups excluding carboxylic acids is 1. The van der Waals surface area contributed by atoms with Crippen molar-refractivity contribution in [2.75, 3.05) is 13.2 Å². The molecular weight excluding hydrogens is 204 g/mol. The molecule has 0 aromatic carbocycles. The molecule has 4 nitrogen and oxygen atoms in total. The van der Waals surface area contributed by atoms with E-state index in [0.29, 0.717) is 25.2 Å². The lowest BCUT2D eigenvalue weighted by Crippen LogP contribution is -2.47. The van der Waals surface area contributed by atoms with Gasteiger partial charge in [-0.2, -0.15) is 0 Å². The molecule has 1 heterocycles. The summed E-state index contributed by atoms with van der Waals surface area (Å²) < 4.78 is 4.93. The van der Waals surface area contributed by atoms with E-state index in [9.17, 15) is 4.79 Å². The molecule has 3 atom stereocenters. The summed E-state index contributed by atoms with van der Waals surface area (Å²) in [5.41, 5.74) is 5.85. The lowest BCUT2D eigenvalue weighted by Gasteiger charge is -2.29. The van der Waals surface area contributed by atoms with Gasteiger partial charge in [0.2, 0.25) is 0 Å². The van der Waals surface area contributed by atoms with Crippen LogP contribution in [0.15, 0.2) is 0 Å². The largest absolute Gasteiger partial charge is 0.465 e. The average molecular weight is 228 g/mol. The number of hydrogen-bond acceptors (Lipinski definition) is 4. The van der Waals surface area contributed by atoms with Crippen LogP contribution in [0.1, 0.15) is 40.0 Å². The molecule has 0 spiro atoms. The van der Waals surface area contributed by atoms with E-state index in [-0.39, 0.29) is 5.97 Å². The Balaban J connectivity index is 2.48. The molecule has 0 radical (unpaired) electrons. The van der Waals surface area contributed by atoms with Crippen molar-refractivity contribution in [1.29, 1.82) is 0 Å². The van der Waals surface area contributed by atoms with Crippen molar-refractivity contribution in [3.05, 3.63) is 0 Å². The van der Waals surface area contributed by atoms with E-state index in [1.807, 2.05) is 0 Å². The van der Waals surface area contributed by atoms with Crippen molar-refractivity contribution in [1.82, 2.24) is 4.90 Å². The molecule has 94 valence electrons. The molecule has 16 heavy (non-hydrogen) atoms. The second-order valence-electron chi connectivity index (χ2n) is 4.54. The zero-order valence-electron chi connectivity index (χ0n) is 10.6. The maximum atomic E-state index is 11.5. The normalized spacial score (nSPS) is 28.0. The molecule has 1 aliphatic heterocycles. The van der Waals surface area contributed by atoms with Gasteiger partial charge in [-0.3, -0.25) is 9.69 Å². The summed E-state index contributed by atoms with van der Waals surface area (Å²) in [7, 11) is 0. The van der Waals surface area contributed by atoms with Crippen LogP contribution in [0.2, 0.25) is 0 Å². The molecule has 0 aromatic heterocycles. The minimum atomic E-state index is -0.505. The summed E-state index contributed by atoms with van der Waals surface area (Å²) in [5, 5.41) is 0. The van der Waals surface area contributed by atoms with Crippen LogP contribution in [0.4, 0.5) is 0 Å². The van der Waals surface area contributed by atoms with Crippen LogP contribution in [0, 0.1) is 0 Å². The molecule has 1 aliphatic rings. The summed E-state index contributed by atoms with van der Waals surface area (Å²) in [5.74, 6) is -0.281. The highest BCUT2D eigenvalue weighted by atomic mass is 16.5. The van der Waals surface area contributed by atoms with Crippen LogP contribution in [-0.2, 0) is 9.53 Å². The van der Waals surface area contributed by atoms with Crippen LogP contribution >= 0.6 is 0 Å². The SMILES string of the molecule is CCOC(=O)C(N)CN1C(C)CCC1CC. The molecule has 0 saturated carbocycles. The van der Waals surface area contributed by atoms with E-state index < -0.39 is 6.04 Å². The fraction of sp³-hybridized carbons (Fsp3) is 0.917. The van der Waals surface area contributed by atoms with Crippen molar-refractivity contribution < 1.29 is 9.53 Å². The molecule has 0 aromatic rings. The van der Waals surface area contributed by atoms with E-state index in [1.165, 1.54) is 12.8 Å². The molecule has 0 amide bonds. The summed E-state index contributed by atoms with van der Waals surface area (Å²) >= 11 is 0. The van der Waals surface area contributed by atoms with Crippen molar-refractivity contribution in [2.45, 2.75) is 58.2 Å². The van der Waals surface area contributed by atoms with E-state index in [0.717, 1.165) is 6.42 Å². The van der Waals surface area contributed by atoms with Crippen LogP contribution < -0.4 is 5.73 Å². The predicted molar refractivity (Wildman–Crippen MR) is 64.1 cm³/mol. The monoisotopic (exact) mass is 228 g/mol. The molecule has 1 rings (SSSR count). The van der Waals surface area contributed by atoms with Gasteiger partial charge in [0.1, 0.15) is 6.04 Å². The maximum Gasteiger partial charge on any atom is 0.324 e. The third-order valence-electron chi connectivity index (χ3n) is 3.42. The van der Waals surface area contributed by atoms with Gasteiger partial charge >= 0.3 is 5.97 Å². The van der Waals surface area contributed by atoms with Gasteiger partial charge in [-0.15, -0.1) is 0 Å². The zero-order chi connectivity index (χ0) is 12.1. The second kappa shape index (κ2) is 6.21. The molecule has 4 heteroatoms. The highest BCUT2D eigenvalue weighted by Gasteiger charge is 2.31. The molecule has 3 unspecified atom stereocenters. The predicted octanol–water partition coefficient (Wildman–Crippen LogP) is 1.14. The van der Waals surface area contributed by atoms with Crippen LogP contribution in [0.3, 0.4) is 0 Å². The van der Waals surface area contributed by atoms with Crippen LogP contribution in [0.25, 0.3) is 0 Å². The number of likely N-dealkylation sites (tertiary alicyclic amines) is 1. The van der Waals surface area contributed by atoms with Gasteiger partial charge in [-0.1, -0.05) is 6.92 Å². The number of nitrogens with zero attached hydrogens (tertiary/aromatic N) is 1. The Morgan fingerprint density at radius 3 is 2.75 bits per heavy atom. The number of esters is 1. The molecule has 1 fully saturated rings. The summed E-state index contributed by atoms with van der Waals surface area (Å²) in [6.45, 7) is 7.22. The van der Waals surface area contributed by atoms with Crippen molar-refractivity contribution in [3.63, 3.8) is 0 Å². The Labute approximate surface area is 98.1 Å². The number of hydrogen-bond donors (Lipinski definition) is 1. The lowest BCUT2D eigenvalue weighted by molar-refractivity contribution is -0.145. The van der Waals surface area contributed by atoms with Gasteiger partial charge in [0.05, 0.1) is 6.61 Å². The first-order valence-corrected chi connectivity index (χ1v) is 6.28. The Kier molecular flexibility index (Phi) is 5.22. The summed E-state index contributed by atoms with van der Waals surface area (Å²) in [6.07, 6.45) is 3.54. The van der Waals surface area contributed by atoms with Crippen LogP contribution in [0.5, 0.6) is 0 Å². The molecule has 0 aliphatic carbocycles. The standard InChI is InChI=1S/C12H24N2O2/c1-4-10-7-6-9(3)14(10)8-11(13)12(15)16-5-2/h9-11H,4-8,13H2,1-3H3. The molecular formula is C12H24N2O2. The minimum absolute atomic E-state index is 0.281. The highest BCUT2D eigenvalue weighted by molar-refractivity contribution is 5.75. The smallest absolute Gasteiger partial charge is 0.324 e. The quantitative estimate of drug-likeness (QED) is 0.717. The van der Waals surface area contributed by atoms with Gasteiger partial charge in [0.15, 0.2) is 0 Å². The van der Waals surface area contributed by atoms with Gasteiger partial charge in [-0.05, 0) is 33.1 Å².